The van der Waals surface area contributed by atoms with Crippen molar-refractivity contribution in [2.45, 2.75) is 45.3 Å². The van der Waals surface area contributed by atoms with Crippen molar-refractivity contribution >= 4 is 11.6 Å². The minimum atomic E-state index is -0.556. The van der Waals surface area contributed by atoms with Crippen molar-refractivity contribution in [3.63, 3.8) is 0 Å². The Balaban J connectivity index is 2.60. The van der Waals surface area contributed by atoms with E-state index in [2.05, 4.69) is 18.7 Å². The number of nitrogens with zero attached hydrogens (tertiary/aromatic N) is 1. The molecule has 1 rings (SSSR count). The quantitative estimate of drug-likeness (QED) is 0.736. The fourth-order valence-corrected chi connectivity index (χ4v) is 2.86. The van der Waals surface area contributed by atoms with Gasteiger partial charge in [0.1, 0.15) is 0 Å². The first kappa shape index (κ1) is 17.4. The molecule has 0 aliphatic rings. The van der Waals surface area contributed by atoms with Crippen molar-refractivity contribution in [1.82, 2.24) is 4.90 Å². The Bertz CT molecular complexity index is 382. The average molecular weight is 300 g/mol. The summed E-state index contributed by atoms with van der Waals surface area (Å²) in [5.74, 6) is 0. The maximum Gasteiger partial charge on any atom is 0.0816 e. The molecule has 0 aromatic heterocycles. The summed E-state index contributed by atoms with van der Waals surface area (Å²) in [6.07, 6.45) is 2.18. The van der Waals surface area contributed by atoms with Gasteiger partial charge in [-0.3, -0.25) is 4.90 Å². The van der Waals surface area contributed by atoms with Crippen LogP contribution in [0.2, 0.25) is 5.02 Å². The van der Waals surface area contributed by atoms with Crippen molar-refractivity contribution in [2.75, 3.05) is 19.7 Å². The van der Waals surface area contributed by atoms with E-state index < -0.39 is 6.10 Å². The highest BCUT2D eigenvalue weighted by atomic mass is 35.5. The summed E-state index contributed by atoms with van der Waals surface area (Å²) in [5, 5.41) is 20.1. The predicted molar refractivity (Wildman–Crippen MR) is 84.1 cm³/mol. The summed E-state index contributed by atoms with van der Waals surface area (Å²) in [7, 11) is 0. The highest BCUT2D eigenvalue weighted by molar-refractivity contribution is 6.31. The molecule has 0 amide bonds. The molecule has 0 aliphatic heterocycles. The van der Waals surface area contributed by atoms with Crippen molar-refractivity contribution in [3.05, 3.63) is 34.9 Å². The maximum absolute atomic E-state index is 10.3. The number of halogens is 1. The van der Waals surface area contributed by atoms with Crippen LogP contribution in [0.5, 0.6) is 0 Å². The van der Waals surface area contributed by atoms with Gasteiger partial charge in [-0.05, 0) is 30.9 Å². The molecule has 0 bridgehead atoms. The molecule has 2 N–H and O–H groups in total. The van der Waals surface area contributed by atoms with Crippen LogP contribution in [0, 0.1) is 0 Å². The van der Waals surface area contributed by atoms with Crippen LogP contribution in [0.1, 0.15) is 44.8 Å². The van der Waals surface area contributed by atoms with E-state index in [0.29, 0.717) is 24.0 Å². The number of hydrogen-bond donors (Lipinski definition) is 2. The lowest BCUT2D eigenvalue weighted by atomic mass is 10.0. The molecule has 4 heteroatoms. The zero-order valence-corrected chi connectivity index (χ0v) is 13.2. The second-order valence-electron chi connectivity index (χ2n) is 5.06. The van der Waals surface area contributed by atoms with Crippen LogP contribution < -0.4 is 0 Å². The van der Waals surface area contributed by atoms with E-state index in [-0.39, 0.29) is 6.61 Å². The third kappa shape index (κ3) is 5.06. The number of aliphatic hydroxyl groups excluding tert-OH is 2. The maximum atomic E-state index is 10.3. The predicted octanol–water partition coefficient (Wildman–Crippen LogP) is 3.25. The van der Waals surface area contributed by atoms with Gasteiger partial charge in [-0.2, -0.15) is 0 Å². The van der Waals surface area contributed by atoms with E-state index in [1.54, 1.807) is 6.07 Å². The summed E-state index contributed by atoms with van der Waals surface area (Å²) < 4.78 is 0. The second-order valence-corrected chi connectivity index (χ2v) is 5.46. The molecule has 0 heterocycles. The normalized spacial score (nSPS) is 13.2. The number of rotatable bonds is 9. The molecule has 1 aromatic rings. The summed E-state index contributed by atoms with van der Waals surface area (Å²) in [6.45, 7) is 5.88. The fraction of sp³-hybridized carbons (Fsp3) is 0.625. The zero-order chi connectivity index (χ0) is 15.0. The first-order valence-electron chi connectivity index (χ1n) is 7.41. The van der Waals surface area contributed by atoms with Crippen molar-refractivity contribution in [1.29, 1.82) is 0 Å². The van der Waals surface area contributed by atoms with Gasteiger partial charge < -0.3 is 10.2 Å². The minimum Gasteiger partial charge on any atom is -0.395 e. The van der Waals surface area contributed by atoms with Crippen LogP contribution in [0.15, 0.2) is 24.3 Å². The molecule has 1 aromatic carbocycles. The van der Waals surface area contributed by atoms with Gasteiger partial charge in [0.05, 0.1) is 12.7 Å². The Labute approximate surface area is 127 Å². The second kappa shape index (κ2) is 9.35. The highest BCUT2D eigenvalue weighted by Gasteiger charge is 2.17. The van der Waals surface area contributed by atoms with Gasteiger partial charge in [-0.15, -0.1) is 0 Å². The lowest BCUT2D eigenvalue weighted by Crippen LogP contribution is -2.38. The molecule has 0 radical (unpaired) electrons. The first-order chi connectivity index (χ1) is 9.63. The Morgan fingerprint density at radius 1 is 1.15 bits per heavy atom. The Morgan fingerprint density at radius 3 is 2.35 bits per heavy atom. The van der Waals surface area contributed by atoms with Gasteiger partial charge in [0.2, 0.25) is 0 Å². The average Bonchev–Trinajstić information content (AvgIpc) is 2.46. The molecule has 3 nitrogen and oxygen atoms in total. The molecular formula is C16H26ClNO2. The van der Waals surface area contributed by atoms with Crippen LogP contribution in [0.25, 0.3) is 0 Å². The highest BCUT2D eigenvalue weighted by Crippen LogP contribution is 2.25. The topological polar surface area (TPSA) is 43.7 Å². The van der Waals surface area contributed by atoms with Gasteiger partial charge >= 0.3 is 0 Å². The third-order valence-electron chi connectivity index (χ3n) is 3.80. The fourth-order valence-electron chi connectivity index (χ4n) is 2.60. The van der Waals surface area contributed by atoms with Crippen molar-refractivity contribution in [2.24, 2.45) is 0 Å². The first-order valence-corrected chi connectivity index (χ1v) is 7.79. The van der Waals surface area contributed by atoms with Crippen LogP contribution in [-0.2, 0) is 0 Å². The Hall–Kier alpha value is -0.610. The largest absolute Gasteiger partial charge is 0.395 e. The Morgan fingerprint density at radius 2 is 1.80 bits per heavy atom. The number of aliphatic hydroxyl groups is 2. The van der Waals surface area contributed by atoms with E-state index >= 15 is 0 Å². The molecule has 0 fully saturated rings. The van der Waals surface area contributed by atoms with Crippen molar-refractivity contribution in [3.8, 4) is 0 Å². The third-order valence-corrected chi connectivity index (χ3v) is 4.14. The summed E-state index contributed by atoms with van der Waals surface area (Å²) in [6, 6.07) is 7.87. The van der Waals surface area contributed by atoms with Crippen LogP contribution >= 0.6 is 11.6 Å². The lowest BCUT2D eigenvalue weighted by Gasteiger charge is -2.30. The smallest absolute Gasteiger partial charge is 0.0816 e. The molecule has 1 unspecified atom stereocenters. The summed E-state index contributed by atoms with van der Waals surface area (Å²) in [5.41, 5.74) is 0.780. The van der Waals surface area contributed by atoms with E-state index in [0.717, 1.165) is 24.9 Å². The monoisotopic (exact) mass is 299 g/mol. The van der Waals surface area contributed by atoms with E-state index in [1.165, 1.54) is 0 Å². The summed E-state index contributed by atoms with van der Waals surface area (Å²) in [4.78, 5) is 2.25. The summed E-state index contributed by atoms with van der Waals surface area (Å²) >= 11 is 6.10. The number of benzene rings is 1. The molecule has 0 saturated heterocycles. The van der Waals surface area contributed by atoms with Crippen molar-refractivity contribution < 1.29 is 10.2 Å². The van der Waals surface area contributed by atoms with Crippen LogP contribution in [0.3, 0.4) is 0 Å². The van der Waals surface area contributed by atoms with Gasteiger partial charge in [0.25, 0.3) is 0 Å². The molecule has 0 saturated carbocycles. The van der Waals surface area contributed by atoms with Gasteiger partial charge in [-0.25, -0.2) is 0 Å². The van der Waals surface area contributed by atoms with E-state index in [1.807, 2.05) is 18.2 Å². The standard InChI is InChI=1S/C16H26ClNO2/c1-3-13(4-2)18(11-12-19)10-9-16(20)14-7-5-6-8-15(14)17/h5-8,13,16,19-20H,3-4,9-12H2,1-2H3. The SMILES string of the molecule is CCC(CC)N(CCO)CCC(O)c1ccccc1Cl. The zero-order valence-electron chi connectivity index (χ0n) is 12.4. The molecule has 1 atom stereocenters. The van der Waals surface area contributed by atoms with E-state index in [9.17, 15) is 10.2 Å². The minimum absolute atomic E-state index is 0.151. The lowest BCUT2D eigenvalue weighted by molar-refractivity contribution is 0.104. The Kier molecular flexibility index (Phi) is 8.15. The molecule has 114 valence electrons. The van der Waals surface area contributed by atoms with E-state index in [4.69, 9.17) is 11.6 Å². The van der Waals surface area contributed by atoms with Crippen LogP contribution in [0.4, 0.5) is 0 Å². The van der Waals surface area contributed by atoms with Crippen LogP contribution in [-0.4, -0.2) is 40.9 Å². The molecule has 20 heavy (non-hydrogen) atoms. The van der Waals surface area contributed by atoms with Gasteiger partial charge in [0.15, 0.2) is 0 Å². The van der Waals surface area contributed by atoms with Gasteiger partial charge in [-0.1, -0.05) is 43.6 Å². The number of hydrogen-bond acceptors (Lipinski definition) is 3. The molecular weight excluding hydrogens is 274 g/mol. The van der Waals surface area contributed by atoms with Gasteiger partial charge in [0, 0.05) is 24.2 Å². The molecule has 0 spiro atoms. The molecule has 0 aliphatic carbocycles.